The van der Waals surface area contributed by atoms with E-state index in [1.54, 1.807) is 12.1 Å². The molecule has 14 heavy (non-hydrogen) atoms. The molecule has 0 fully saturated rings. The van der Waals surface area contributed by atoms with E-state index in [0.29, 0.717) is 0 Å². The normalized spacial score (nSPS) is 14.5. The minimum absolute atomic E-state index is 0.235. The van der Waals surface area contributed by atoms with Crippen LogP contribution in [0.5, 0.6) is 0 Å². The van der Waals surface area contributed by atoms with Crippen molar-refractivity contribution in [1.29, 1.82) is 0 Å². The maximum absolute atomic E-state index is 10.7. The van der Waals surface area contributed by atoms with E-state index in [0.717, 1.165) is 28.4 Å². The van der Waals surface area contributed by atoms with Gasteiger partial charge in [-0.15, -0.1) is 0 Å². The lowest BCUT2D eigenvalue weighted by Crippen LogP contribution is -2.06. The zero-order valence-corrected chi connectivity index (χ0v) is 8.95. The maximum Gasteiger partial charge on any atom is 0.272 e. The molecule has 0 atom stereocenters. The summed E-state index contributed by atoms with van der Waals surface area (Å²) in [6, 6.07) is 5.58. The number of nitro groups is 1. The van der Waals surface area contributed by atoms with Crippen molar-refractivity contribution in [2.45, 2.75) is 12.8 Å². The minimum Gasteiger partial charge on any atom is -0.258 e. The highest BCUT2D eigenvalue weighted by Crippen LogP contribution is 2.28. The summed E-state index contributed by atoms with van der Waals surface area (Å²) in [6.45, 7) is 0. The average Bonchev–Trinajstić information content (AvgIpc) is 2.16. The van der Waals surface area contributed by atoms with Crippen LogP contribution in [0.3, 0.4) is 0 Å². The average molecular weight is 254 g/mol. The molecular formula is C10H8BrNO2. The molecule has 0 unspecified atom stereocenters. The first kappa shape index (κ1) is 9.40. The second-order valence-corrected chi connectivity index (χ2v) is 4.10. The molecule has 0 saturated heterocycles. The van der Waals surface area contributed by atoms with Gasteiger partial charge in [-0.1, -0.05) is 15.9 Å². The Bertz CT molecular complexity index is 426. The molecule has 0 radical (unpaired) electrons. The third kappa shape index (κ3) is 1.57. The molecule has 72 valence electrons. The summed E-state index contributed by atoms with van der Waals surface area (Å²) in [5, 5.41) is 10.7. The van der Waals surface area contributed by atoms with E-state index >= 15 is 0 Å². The number of allylic oxidation sites excluding steroid dienone is 1. The standard InChI is InChI=1S/C10H8BrNO2/c11-8-4-5-9-7(6-8)2-1-3-10(9)12(13)14/h3-6H,1-2H2. The number of aryl methyl sites for hydroxylation is 1. The zero-order valence-electron chi connectivity index (χ0n) is 7.37. The van der Waals surface area contributed by atoms with Crippen LogP contribution in [-0.2, 0) is 6.42 Å². The molecule has 3 nitrogen and oxygen atoms in total. The highest BCUT2D eigenvalue weighted by Gasteiger charge is 2.21. The van der Waals surface area contributed by atoms with Gasteiger partial charge in [0.2, 0.25) is 0 Å². The molecule has 0 N–H and O–H groups in total. The largest absolute Gasteiger partial charge is 0.272 e. The topological polar surface area (TPSA) is 43.1 Å². The fraction of sp³-hybridized carbons (Fsp3) is 0.200. The Hall–Kier alpha value is -1.16. The third-order valence-electron chi connectivity index (χ3n) is 2.29. The molecule has 0 aliphatic heterocycles. The summed E-state index contributed by atoms with van der Waals surface area (Å²) >= 11 is 3.36. The quantitative estimate of drug-likeness (QED) is 0.571. The highest BCUT2D eigenvalue weighted by molar-refractivity contribution is 9.10. The van der Waals surface area contributed by atoms with Gasteiger partial charge in [0.25, 0.3) is 5.70 Å². The molecule has 0 aromatic heterocycles. The van der Waals surface area contributed by atoms with E-state index in [1.165, 1.54) is 0 Å². The van der Waals surface area contributed by atoms with E-state index in [-0.39, 0.29) is 10.6 Å². The Balaban J connectivity index is 2.54. The minimum atomic E-state index is -0.314. The molecule has 0 spiro atoms. The Morgan fingerprint density at radius 2 is 2.21 bits per heavy atom. The predicted octanol–water partition coefficient (Wildman–Crippen LogP) is 3.01. The molecule has 4 heteroatoms. The van der Waals surface area contributed by atoms with Gasteiger partial charge in [-0.2, -0.15) is 0 Å². The van der Waals surface area contributed by atoms with Crippen LogP contribution in [0.4, 0.5) is 0 Å². The molecule has 0 saturated carbocycles. The van der Waals surface area contributed by atoms with Crippen LogP contribution < -0.4 is 0 Å². The molecule has 1 aliphatic rings. The Morgan fingerprint density at radius 1 is 1.43 bits per heavy atom. The van der Waals surface area contributed by atoms with E-state index in [4.69, 9.17) is 0 Å². The maximum atomic E-state index is 10.7. The first-order valence-electron chi connectivity index (χ1n) is 4.32. The summed E-state index contributed by atoms with van der Waals surface area (Å²) < 4.78 is 0.973. The molecule has 2 rings (SSSR count). The fourth-order valence-electron chi connectivity index (χ4n) is 1.67. The third-order valence-corrected chi connectivity index (χ3v) is 2.78. The van der Waals surface area contributed by atoms with Crippen molar-refractivity contribution in [1.82, 2.24) is 0 Å². The fourth-order valence-corrected chi connectivity index (χ4v) is 2.07. The second-order valence-electron chi connectivity index (χ2n) is 3.19. The first-order valence-corrected chi connectivity index (χ1v) is 5.11. The summed E-state index contributed by atoms with van der Waals surface area (Å²) in [4.78, 5) is 10.4. The molecular weight excluding hydrogens is 246 g/mol. The highest BCUT2D eigenvalue weighted by atomic mass is 79.9. The number of fused-ring (bicyclic) bond motifs is 1. The van der Waals surface area contributed by atoms with Crippen molar-refractivity contribution in [3.63, 3.8) is 0 Å². The molecule has 0 bridgehead atoms. The van der Waals surface area contributed by atoms with Crippen molar-refractivity contribution >= 4 is 21.6 Å². The van der Waals surface area contributed by atoms with Gasteiger partial charge in [0, 0.05) is 4.47 Å². The van der Waals surface area contributed by atoms with Crippen LogP contribution in [0.15, 0.2) is 28.7 Å². The van der Waals surface area contributed by atoms with Crippen molar-refractivity contribution in [2.24, 2.45) is 0 Å². The van der Waals surface area contributed by atoms with Crippen molar-refractivity contribution < 1.29 is 4.92 Å². The van der Waals surface area contributed by atoms with Gasteiger partial charge in [-0.05, 0) is 42.7 Å². The SMILES string of the molecule is O=[N+]([O-])C1=CCCc2cc(Br)ccc21. The second kappa shape index (κ2) is 3.53. The van der Waals surface area contributed by atoms with Gasteiger partial charge in [-0.3, -0.25) is 10.1 Å². The van der Waals surface area contributed by atoms with E-state index in [2.05, 4.69) is 15.9 Å². The molecule has 1 aliphatic carbocycles. The number of nitrogens with zero attached hydrogens (tertiary/aromatic N) is 1. The monoisotopic (exact) mass is 253 g/mol. The van der Waals surface area contributed by atoms with E-state index < -0.39 is 0 Å². The van der Waals surface area contributed by atoms with Gasteiger partial charge in [-0.25, -0.2) is 0 Å². The smallest absolute Gasteiger partial charge is 0.258 e. The summed E-state index contributed by atoms with van der Waals surface area (Å²) in [7, 11) is 0. The van der Waals surface area contributed by atoms with E-state index in [9.17, 15) is 10.1 Å². The van der Waals surface area contributed by atoms with Gasteiger partial charge in [0.15, 0.2) is 0 Å². The van der Waals surface area contributed by atoms with Gasteiger partial charge < -0.3 is 0 Å². The van der Waals surface area contributed by atoms with Gasteiger partial charge in [0.1, 0.15) is 0 Å². The first-order chi connectivity index (χ1) is 6.68. The number of hydrogen-bond acceptors (Lipinski definition) is 2. The van der Waals surface area contributed by atoms with Crippen molar-refractivity contribution in [3.8, 4) is 0 Å². The Morgan fingerprint density at radius 3 is 2.93 bits per heavy atom. The van der Waals surface area contributed by atoms with Gasteiger partial charge in [0.05, 0.1) is 10.5 Å². The molecule has 0 amide bonds. The Kier molecular flexibility index (Phi) is 2.37. The predicted molar refractivity (Wildman–Crippen MR) is 57.4 cm³/mol. The molecule has 0 heterocycles. The van der Waals surface area contributed by atoms with Crippen LogP contribution in [0.2, 0.25) is 0 Å². The van der Waals surface area contributed by atoms with Crippen LogP contribution in [0.25, 0.3) is 5.70 Å². The van der Waals surface area contributed by atoms with Crippen LogP contribution in [-0.4, -0.2) is 4.92 Å². The molecule has 1 aromatic carbocycles. The lowest BCUT2D eigenvalue weighted by molar-refractivity contribution is -0.375. The summed E-state index contributed by atoms with van der Waals surface area (Å²) in [5.41, 5.74) is 2.04. The number of benzene rings is 1. The van der Waals surface area contributed by atoms with Crippen molar-refractivity contribution in [3.05, 3.63) is 50.0 Å². The Labute approximate surface area is 89.7 Å². The number of hydrogen-bond donors (Lipinski definition) is 0. The number of halogens is 1. The van der Waals surface area contributed by atoms with Gasteiger partial charge >= 0.3 is 0 Å². The zero-order chi connectivity index (χ0) is 10.1. The van der Waals surface area contributed by atoms with Crippen molar-refractivity contribution in [2.75, 3.05) is 0 Å². The van der Waals surface area contributed by atoms with Crippen LogP contribution in [0.1, 0.15) is 17.5 Å². The molecule has 1 aromatic rings. The summed E-state index contributed by atoms with van der Waals surface area (Å²) in [6.07, 6.45) is 3.32. The summed E-state index contributed by atoms with van der Waals surface area (Å²) in [5.74, 6) is 0. The lowest BCUT2D eigenvalue weighted by atomic mass is 9.95. The van der Waals surface area contributed by atoms with Crippen LogP contribution in [0, 0.1) is 10.1 Å². The number of rotatable bonds is 1. The van der Waals surface area contributed by atoms with Crippen LogP contribution >= 0.6 is 15.9 Å². The van der Waals surface area contributed by atoms with E-state index in [1.807, 2.05) is 12.1 Å². The lowest BCUT2D eigenvalue weighted by Gasteiger charge is -2.11.